The third-order valence-corrected chi connectivity index (χ3v) is 4.34. The van der Waals surface area contributed by atoms with Crippen molar-refractivity contribution in [1.82, 2.24) is 10.3 Å². The van der Waals surface area contributed by atoms with Gasteiger partial charge in [0.15, 0.2) is 0 Å². The molecule has 2 aromatic heterocycles. The molecule has 1 fully saturated rings. The highest BCUT2D eigenvalue weighted by atomic mass is 32.1. The molecule has 0 aliphatic carbocycles. The lowest BCUT2D eigenvalue weighted by molar-refractivity contribution is -0.140. The van der Waals surface area contributed by atoms with Crippen molar-refractivity contribution in [2.75, 3.05) is 0 Å². The van der Waals surface area contributed by atoms with Gasteiger partial charge in [-0.15, -0.1) is 11.3 Å². The van der Waals surface area contributed by atoms with Gasteiger partial charge in [0.2, 0.25) is 0 Å². The number of carboxylic acids is 1. The molecular formula is C12H14N2O2S. The van der Waals surface area contributed by atoms with Gasteiger partial charge in [0.05, 0.1) is 10.2 Å². The van der Waals surface area contributed by atoms with E-state index < -0.39 is 12.0 Å². The van der Waals surface area contributed by atoms with Crippen LogP contribution in [0.3, 0.4) is 0 Å². The molecule has 0 amide bonds. The third-order valence-electron chi connectivity index (χ3n) is 3.37. The van der Waals surface area contributed by atoms with Crippen LogP contribution >= 0.6 is 11.3 Å². The van der Waals surface area contributed by atoms with Crippen LogP contribution in [0.15, 0.2) is 17.6 Å². The highest BCUT2D eigenvalue weighted by Crippen LogP contribution is 2.33. The van der Waals surface area contributed by atoms with Crippen LogP contribution in [-0.2, 0) is 4.79 Å². The second-order valence-electron chi connectivity index (χ2n) is 4.45. The van der Waals surface area contributed by atoms with E-state index in [4.69, 9.17) is 5.11 Å². The van der Waals surface area contributed by atoms with Gasteiger partial charge in [0, 0.05) is 17.8 Å². The van der Waals surface area contributed by atoms with Gasteiger partial charge in [-0.05, 0) is 30.7 Å². The number of carbonyl (C=O) groups is 1. The molecule has 0 radical (unpaired) electrons. The van der Waals surface area contributed by atoms with E-state index in [1.165, 1.54) is 10.3 Å². The van der Waals surface area contributed by atoms with Crippen molar-refractivity contribution < 1.29 is 9.90 Å². The van der Waals surface area contributed by atoms with Gasteiger partial charge < -0.3 is 10.1 Å². The monoisotopic (exact) mass is 250 g/mol. The highest BCUT2D eigenvalue weighted by Gasteiger charge is 2.28. The van der Waals surface area contributed by atoms with Gasteiger partial charge in [-0.1, -0.05) is 0 Å². The number of aliphatic carboxylic acids is 1. The zero-order valence-electron chi connectivity index (χ0n) is 9.27. The van der Waals surface area contributed by atoms with Gasteiger partial charge in [-0.2, -0.15) is 0 Å². The molecule has 90 valence electrons. The number of H-pyrrole nitrogens is 1. The van der Waals surface area contributed by atoms with Gasteiger partial charge in [-0.3, -0.25) is 10.1 Å². The number of carboxylic acid groups (broad SMARTS) is 1. The third kappa shape index (κ3) is 1.85. The number of rotatable bonds is 2. The van der Waals surface area contributed by atoms with Crippen LogP contribution in [0.25, 0.3) is 10.2 Å². The number of hydrogen-bond donors (Lipinski definition) is 3. The molecule has 17 heavy (non-hydrogen) atoms. The summed E-state index contributed by atoms with van der Waals surface area (Å²) in [5.41, 5.74) is 2.35. The number of nitrogens with one attached hydrogen (secondary N) is 2. The SMILES string of the molecule is O=C(O)C1CCCC(c2c[nH]c3ccsc23)N1. The Hall–Kier alpha value is -1.33. The largest absolute Gasteiger partial charge is 0.480 e. The number of piperidine rings is 1. The highest BCUT2D eigenvalue weighted by molar-refractivity contribution is 7.17. The smallest absolute Gasteiger partial charge is 0.320 e. The summed E-state index contributed by atoms with van der Waals surface area (Å²) in [4.78, 5) is 14.2. The lowest BCUT2D eigenvalue weighted by Gasteiger charge is -2.28. The zero-order chi connectivity index (χ0) is 11.8. The molecule has 5 heteroatoms. The first-order valence-electron chi connectivity index (χ1n) is 5.79. The average Bonchev–Trinajstić information content (AvgIpc) is 2.90. The van der Waals surface area contributed by atoms with Crippen molar-refractivity contribution in [2.24, 2.45) is 0 Å². The number of thiophene rings is 1. The summed E-state index contributed by atoms with van der Waals surface area (Å²) < 4.78 is 1.24. The summed E-state index contributed by atoms with van der Waals surface area (Å²) in [6.45, 7) is 0. The maximum absolute atomic E-state index is 11.0. The molecule has 2 unspecified atom stereocenters. The standard InChI is InChI=1S/C12H14N2O2S/c15-12(16)10-3-1-2-8(14-10)7-6-13-9-4-5-17-11(7)9/h4-6,8,10,13-14H,1-3H2,(H,15,16). The van der Waals surface area contributed by atoms with E-state index in [-0.39, 0.29) is 6.04 Å². The Kier molecular flexibility index (Phi) is 2.64. The molecular weight excluding hydrogens is 236 g/mol. The maximum Gasteiger partial charge on any atom is 0.320 e. The van der Waals surface area contributed by atoms with E-state index >= 15 is 0 Å². The van der Waals surface area contributed by atoms with Crippen LogP contribution in [0.2, 0.25) is 0 Å². The molecule has 2 aromatic rings. The summed E-state index contributed by atoms with van der Waals surface area (Å²) in [5.74, 6) is -0.743. The first kappa shape index (κ1) is 10.8. The second kappa shape index (κ2) is 4.16. The van der Waals surface area contributed by atoms with E-state index in [0.717, 1.165) is 24.8 Å². The molecule has 3 heterocycles. The second-order valence-corrected chi connectivity index (χ2v) is 5.36. The topological polar surface area (TPSA) is 65.1 Å². The fourth-order valence-electron chi connectivity index (χ4n) is 2.50. The van der Waals surface area contributed by atoms with Gasteiger partial charge in [0.1, 0.15) is 6.04 Å². The minimum Gasteiger partial charge on any atom is -0.480 e. The van der Waals surface area contributed by atoms with Crippen LogP contribution in [0.4, 0.5) is 0 Å². The molecule has 0 bridgehead atoms. The van der Waals surface area contributed by atoms with Crippen LogP contribution in [0.5, 0.6) is 0 Å². The first-order valence-corrected chi connectivity index (χ1v) is 6.67. The summed E-state index contributed by atoms with van der Waals surface area (Å²) in [6, 6.07) is 1.82. The van der Waals surface area contributed by atoms with E-state index in [0.29, 0.717) is 0 Å². The number of aromatic nitrogens is 1. The van der Waals surface area contributed by atoms with Crippen LogP contribution in [0, 0.1) is 0 Å². The first-order chi connectivity index (χ1) is 8.25. The predicted octanol–water partition coefficient (Wildman–Crippen LogP) is 2.50. The minimum atomic E-state index is -0.743. The number of aromatic amines is 1. The molecule has 3 N–H and O–H groups in total. The fraction of sp³-hybridized carbons (Fsp3) is 0.417. The van der Waals surface area contributed by atoms with Crippen molar-refractivity contribution in [3.8, 4) is 0 Å². The van der Waals surface area contributed by atoms with Gasteiger partial charge >= 0.3 is 5.97 Å². The van der Waals surface area contributed by atoms with Crippen molar-refractivity contribution in [2.45, 2.75) is 31.3 Å². The Balaban J connectivity index is 1.89. The maximum atomic E-state index is 11.0. The van der Waals surface area contributed by atoms with Gasteiger partial charge in [0.25, 0.3) is 0 Å². The van der Waals surface area contributed by atoms with E-state index in [9.17, 15) is 4.79 Å². The molecule has 2 atom stereocenters. The summed E-state index contributed by atoms with van der Waals surface area (Å²) >= 11 is 1.71. The number of hydrogen-bond acceptors (Lipinski definition) is 3. The van der Waals surface area contributed by atoms with Crippen molar-refractivity contribution in [3.05, 3.63) is 23.2 Å². The Morgan fingerprint density at radius 1 is 1.47 bits per heavy atom. The normalized spacial score (nSPS) is 25.2. The summed E-state index contributed by atoms with van der Waals surface area (Å²) in [5, 5.41) is 14.3. The molecule has 3 rings (SSSR count). The molecule has 1 aliphatic heterocycles. The molecule has 1 saturated heterocycles. The van der Waals surface area contributed by atoms with Crippen molar-refractivity contribution >= 4 is 27.5 Å². The Bertz CT molecular complexity index is 545. The molecule has 0 saturated carbocycles. The minimum absolute atomic E-state index is 0.164. The van der Waals surface area contributed by atoms with Crippen LogP contribution in [0.1, 0.15) is 30.9 Å². The van der Waals surface area contributed by atoms with Crippen LogP contribution < -0.4 is 5.32 Å². The number of fused-ring (bicyclic) bond motifs is 1. The van der Waals surface area contributed by atoms with Gasteiger partial charge in [-0.25, -0.2) is 0 Å². The Morgan fingerprint density at radius 2 is 2.35 bits per heavy atom. The zero-order valence-corrected chi connectivity index (χ0v) is 10.1. The molecule has 1 aliphatic rings. The van der Waals surface area contributed by atoms with Crippen molar-refractivity contribution in [3.63, 3.8) is 0 Å². The molecule has 0 aromatic carbocycles. The molecule has 4 nitrogen and oxygen atoms in total. The average molecular weight is 250 g/mol. The van der Waals surface area contributed by atoms with Crippen LogP contribution in [-0.4, -0.2) is 22.1 Å². The fourth-order valence-corrected chi connectivity index (χ4v) is 3.43. The van der Waals surface area contributed by atoms with E-state index in [1.54, 1.807) is 11.3 Å². The predicted molar refractivity (Wildman–Crippen MR) is 67.3 cm³/mol. The lowest BCUT2D eigenvalue weighted by Crippen LogP contribution is -2.42. The lowest BCUT2D eigenvalue weighted by atomic mass is 9.95. The quantitative estimate of drug-likeness (QED) is 0.767. The van der Waals surface area contributed by atoms with E-state index in [2.05, 4.69) is 21.7 Å². The molecule has 0 spiro atoms. The summed E-state index contributed by atoms with van der Waals surface area (Å²) in [7, 11) is 0. The Morgan fingerprint density at radius 3 is 3.18 bits per heavy atom. The van der Waals surface area contributed by atoms with E-state index in [1.807, 2.05) is 6.20 Å². The summed E-state index contributed by atoms with van der Waals surface area (Å²) in [6.07, 6.45) is 4.70. The Labute approximate surface area is 103 Å². The van der Waals surface area contributed by atoms with Crippen molar-refractivity contribution in [1.29, 1.82) is 0 Å².